The molecule has 0 atom stereocenters. The molecule has 3 nitrogen and oxygen atoms in total. The Bertz CT molecular complexity index is 534. The lowest BCUT2D eigenvalue weighted by Gasteiger charge is -2.11. The van der Waals surface area contributed by atoms with Gasteiger partial charge in [-0.05, 0) is 23.6 Å². The second-order valence-corrected chi connectivity index (χ2v) is 5.53. The summed E-state index contributed by atoms with van der Waals surface area (Å²) in [6, 6.07) is 6.53. The molecule has 0 aliphatic heterocycles. The van der Waals surface area contributed by atoms with Gasteiger partial charge >= 0.3 is 0 Å². The van der Waals surface area contributed by atoms with Crippen molar-refractivity contribution >= 4 is 15.9 Å². The third-order valence-corrected chi connectivity index (χ3v) is 3.35. The molecule has 19 heavy (non-hydrogen) atoms. The third-order valence-electron chi connectivity index (χ3n) is 2.85. The number of halogens is 2. The Kier molecular flexibility index (Phi) is 4.69. The Morgan fingerprint density at radius 1 is 1.16 bits per heavy atom. The first-order valence-corrected chi connectivity index (χ1v) is 7.43. The fourth-order valence-corrected chi connectivity index (χ4v) is 2.38. The summed E-state index contributed by atoms with van der Waals surface area (Å²) in [5.74, 6) is 2.18. The van der Waals surface area contributed by atoms with E-state index in [2.05, 4.69) is 44.5 Å². The summed E-state index contributed by atoms with van der Waals surface area (Å²) in [6.45, 7) is 5.23. The van der Waals surface area contributed by atoms with Crippen molar-refractivity contribution in [2.75, 3.05) is 0 Å². The predicted octanol–water partition coefficient (Wildman–Crippen LogP) is 3.56. The van der Waals surface area contributed by atoms with Crippen molar-refractivity contribution in [1.82, 2.24) is 14.8 Å². The molecular formula is C14H17BrFN3. The van der Waals surface area contributed by atoms with Gasteiger partial charge < -0.3 is 4.57 Å². The molecule has 1 aromatic heterocycles. The van der Waals surface area contributed by atoms with Gasteiger partial charge in [0.1, 0.15) is 17.5 Å². The van der Waals surface area contributed by atoms with Gasteiger partial charge in [0, 0.05) is 13.0 Å². The van der Waals surface area contributed by atoms with Gasteiger partial charge in [0.25, 0.3) is 0 Å². The van der Waals surface area contributed by atoms with Crippen molar-refractivity contribution in [2.24, 2.45) is 5.92 Å². The van der Waals surface area contributed by atoms with Gasteiger partial charge in [-0.1, -0.05) is 41.9 Å². The van der Waals surface area contributed by atoms with Crippen molar-refractivity contribution < 1.29 is 4.39 Å². The van der Waals surface area contributed by atoms with Crippen molar-refractivity contribution in [2.45, 2.75) is 32.1 Å². The molecule has 0 radical (unpaired) electrons. The molecule has 0 aliphatic rings. The molecule has 0 unspecified atom stereocenters. The van der Waals surface area contributed by atoms with Crippen LogP contribution in [0.4, 0.5) is 4.39 Å². The van der Waals surface area contributed by atoms with E-state index in [0.29, 0.717) is 17.7 Å². The highest BCUT2D eigenvalue weighted by atomic mass is 79.9. The van der Waals surface area contributed by atoms with Crippen LogP contribution in [0, 0.1) is 11.7 Å². The van der Waals surface area contributed by atoms with E-state index in [4.69, 9.17) is 0 Å². The van der Waals surface area contributed by atoms with E-state index in [9.17, 15) is 4.39 Å². The second-order valence-electron chi connectivity index (χ2n) is 4.97. The van der Waals surface area contributed by atoms with Gasteiger partial charge in [0.05, 0.1) is 5.33 Å². The quantitative estimate of drug-likeness (QED) is 0.787. The zero-order valence-electron chi connectivity index (χ0n) is 11.1. The van der Waals surface area contributed by atoms with Crippen LogP contribution in [0.3, 0.4) is 0 Å². The number of hydrogen-bond donors (Lipinski definition) is 0. The Labute approximate surface area is 121 Å². The molecule has 0 amide bonds. The van der Waals surface area contributed by atoms with Crippen LogP contribution in [0.15, 0.2) is 24.3 Å². The minimum Gasteiger partial charge on any atom is -0.314 e. The van der Waals surface area contributed by atoms with Gasteiger partial charge in [0.15, 0.2) is 0 Å². The van der Waals surface area contributed by atoms with Crippen molar-refractivity contribution in [3.05, 3.63) is 47.3 Å². The van der Waals surface area contributed by atoms with E-state index < -0.39 is 0 Å². The average molecular weight is 326 g/mol. The number of nitrogens with zero attached hydrogens (tertiary/aromatic N) is 3. The Balaban J connectivity index is 2.24. The smallest absolute Gasteiger partial charge is 0.143 e. The second kappa shape index (κ2) is 6.28. The molecule has 1 heterocycles. The van der Waals surface area contributed by atoms with Crippen molar-refractivity contribution in [3.8, 4) is 0 Å². The molecule has 1 aromatic carbocycles. The lowest BCUT2D eigenvalue weighted by atomic mass is 10.1. The fourth-order valence-electron chi connectivity index (χ4n) is 1.96. The molecule has 5 heteroatoms. The Hall–Kier alpha value is -1.23. The Morgan fingerprint density at radius 3 is 2.37 bits per heavy atom. The lowest BCUT2D eigenvalue weighted by molar-refractivity contribution is 0.500. The summed E-state index contributed by atoms with van der Waals surface area (Å²) in [5.41, 5.74) is 1.04. The molecule has 0 fully saturated rings. The van der Waals surface area contributed by atoms with E-state index in [1.165, 1.54) is 12.1 Å². The fraction of sp³-hybridized carbons (Fsp3) is 0.429. The molecule has 0 spiro atoms. The summed E-state index contributed by atoms with van der Waals surface area (Å²) < 4.78 is 15.0. The number of hydrogen-bond acceptors (Lipinski definition) is 2. The van der Waals surface area contributed by atoms with Crippen LogP contribution < -0.4 is 0 Å². The van der Waals surface area contributed by atoms with E-state index in [-0.39, 0.29) is 5.82 Å². The summed E-state index contributed by atoms with van der Waals surface area (Å²) in [6.07, 6.45) is 0.674. The highest BCUT2D eigenvalue weighted by Crippen LogP contribution is 2.14. The predicted molar refractivity (Wildman–Crippen MR) is 76.7 cm³/mol. The molecule has 102 valence electrons. The largest absolute Gasteiger partial charge is 0.314 e. The van der Waals surface area contributed by atoms with Gasteiger partial charge in [-0.2, -0.15) is 0 Å². The standard InChI is InChI=1S/C14H17BrFN3/c1-10(2)9-19-13(17-18-14(19)8-15)7-11-3-5-12(16)6-4-11/h3-6,10H,7-9H2,1-2H3. The van der Waals surface area contributed by atoms with Crippen LogP contribution in [0.1, 0.15) is 31.1 Å². The van der Waals surface area contributed by atoms with Crippen molar-refractivity contribution in [3.63, 3.8) is 0 Å². The SMILES string of the molecule is CC(C)Cn1c(CBr)nnc1Cc1ccc(F)cc1. The van der Waals surface area contributed by atoms with Gasteiger partial charge in [-0.3, -0.25) is 0 Å². The number of rotatable bonds is 5. The van der Waals surface area contributed by atoms with Crippen LogP contribution >= 0.6 is 15.9 Å². The average Bonchev–Trinajstić information content (AvgIpc) is 2.74. The normalized spacial score (nSPS) is 11.2. The maximum absolute atomic E-state index is 12.9. The number of alkyl halides is 1. The van der Waals surface area contributed by atoms with Gasteiger partial charge in [-0.25, -0.2) is 4.39 Å². The first-order chi connectivity index (χ1) is 9.10. The molecule has 2 aromatic rings. The first kappa shape index (κ1) is 14.2. The maximum atomic E-state index is 12.9. The highest BCUT2D eigenvalue weighted by molar-refractivity contribution is 9.08. The van der Waals surface area contributed by atoms with Crippen LogP contribution in [0.25, 0.3) is 0 Å². The van der Waals surface area contributed by atoms with E-state index in [1.54, 1.807) is 12.1 Å². The molecule has 0 N–H and O–H groups in total. The molecule has 0 bridgehead atoms. The van der Waals surface area contributed by atoms with E-state index in [1.807, 2.05) is 0 Å². The first-order valence-electron chi connectivity index (χ1n) is 6.31. The zero-order valence-corrected chi connectivity index (χ0v) is 12.7. The molecular weight excluding hydrogens is 309 g/mol. The summed E-state index contributed by atoms with van der Waals surface area (Å²) in [5, 5.41) is 9.13. The maximum Gasteiger partial charge on any atom is 0.143 e. The zero-order chi connectivity index (χ0) is 13.8. The third kappa shape index (κ3) is 3.62. The van der Waals surface area contributed by atoms with Crippen LogP contribution in [-0.4, -0.2) is 14.8 Å². The highest BCUT2D eigenvalue weighted by Gasteiger charge is 2.12. The minimum absolute atomic E-state index is 0.214. The van der Waals surface area contributed by atoms with E-state index in [0.717, 1.165) is 23.8 Å². The summed E-state index contributed by atoms with van der Waals surface area (Å²) in [7, 11) is 0. The number of benzene rings is 1. The van der Waals surface area contributed by atoms with Crippen LogP contribution in [0.2, 0.25) is 0 Å². The summed E-state index contributed by atoms with van der Waals surface area (Å²) >= 11 is 3.43. The summed E-state index contributed by atoms with van der Waals surface area (Å²) in [4.78, 5) is 0. The van der Waals surface area contributed by atoms with Crippen LogP contribution in [-0.2, 0) is 18.3 Å². The topological polar surface area (TPSA) is 30.7 Å². The van der Waals surface area contributed by atoms with Crippen LogP contribution in [0.5, 0.6) is 0 Å². The number of aromatic nitrogens is 3. The van der Waals surface area contributed by atoms with Crippen molar-refractivity contribution in [1.29, 1.82) is 0 Å². The molecule has 0 aliphatic carbocycles. The van der Waals surface area contributed by atoms with Gasteiger partial charge in [-0.15, -0.1) is 10.2 Å². The Morgan fingerprint density at radius 2 is 1.79 bits per heavy atom. The monoisotopic (exact) mass is 325 g/mol. The minimum atomic E-state index is -0.214. The van der Waals surface area contributed by atoms with E-state index >= 15 is 0 Å². The lowest BCUT2D eigenvalue weighted by Crippen LogP contribution is -2.11. The molecule has 0 saturated heterocycles. The molecule has 0 saturated carbocycles. The molecule has 2 rings (SSSR count). The van der Waals surface area contributed by atoms with Gasteiger partial charge in [0.2, 0.25) is 0 Å².